The van der Waals surface area contributed by atoms with Gasteiger partial charge in [0, 0.05) is 5.56 Å². The van der Waals surface area contributed by atoms with E-state index in [9.17, 15) is 4.79 Å². The van der Waals surface area contributed by atoms with Gasteiger partial charge in [0.25, 0.3) is 5.24 Å². The van der Waals surface area contributed by atoms with E-state index in [2.05, 4.69) is 13.8 Å². The van der Waals surface area contributed by atoms with E-state index in [1.807, 2.05) is 24.3 Å². The van der Waals surface area contributed by atoms with Crippen LogP contribution in [0.2, 0.25) is 0 Å². The van der Waals surface area contributed by atoms with E-state index in [1.165, 1.54) is 19.3 Å². The SMILES string of the molecule is CCC(CC)CCCc1ccccc1C(=O)Cl. The molecular formula is C15H21ClO. The average molecular weight is 253 g/mol. The van der Waals surface area contributed by atoms with Crippen LogP contribution in [-0.2, 0) is 6.42 Å². The Morgan fingerprint density at radius 2 is 1.88 bits per heavy atom. The summed E-state index contributed by atoms with van der Waals surface area (Å²) in [6.07, 6.45) is 5.80. The van der Waals surface area contributed by atoms with Gasteiger partial charge in [0.2, 0.25) is 0 Å². The van der Waals surface area contributed by atoms with Gasteiger partial charge < -0.3 is 0 Å². The van der Waals surface area contributed by atoms with Crippen molar-refractivity contribution in [2.24, 2.45) is 5.92 Å². The first-order valence-electron chi connectivity index (χ1n) is 6.46. The number of benzene rings is 1. The minimum atomic E-state index is -0.344. The smallest absolute Gasteiger partial charge is 0.252 e. The highest BCUT2D eigenvalue weighted by Crippen LogP contribution is 2.19. The lowest BCUT2D eigenvalue weighted by atomic mass is 9.94. The second kappa shape index (κ2) is 7.50. The van der Waals surface area contributed by atoms with Crippen LogP contribution in [0.15, 0.2) is 24.3 Å². The molecule has 2 heteroatoms. The summed E-state index contributed by atoms with van der Waals surface area (Å²) in [5.74, 6) is 0.814. The van der Waals surface area contributed by atoms with Gasteiger partial charge in [-0.2, -0.15) is 0 Å². The molecule has 0 unspecified atom stereocenters. The Bertz CT molecular complexity index is 356. The number of carbonyl (C=O) groups excluding carboxylic acids is 1. The molecule has 0 bridgehead atoms. The summed E-state index contributed by atoms with van der Waals surface area (Å²) in [4.78, 5) is 11.2. The normalized spacial score (nSPS) is 10.8. The van der Waals surface area contributed by atoms with E-state index >= 15 is 0 Å². The topological polar surface area (TPSA) is 17.1 Å². The van der Waals surface area contributed by atoms with Crippen molar-refractivity contribution in [2.45, 2.75) is 46.0 Å². The Balaban J connectivity index is 2.54. The van der Waals surface area contributed by atoms with Gasteiger partial charge in [0.1, 0.15) is 0 Å². The highest BCUT2D eigenvalue weighted by atomic mass is 35.5. The van der Waals surface area contributed by atoms with Crippen molar-refractivity contribution in [1.29, 1.82) is 0 Å². The van der Waals surface area contributed by atoms with Crippen LogP contribution in [0.3, 0.4) is 0 Å². The van der Waals surface area contributed by atoms with Gasteiger partial charge in [-0.3, -0.25) is 4.79 Å². The lowest BCUT2D eigenvalue weighted by Crippen LogP contribution is -2.01. The molecule has 1 rings (SSSR count). The molecule has 17 heavy (non-hydrogen) atoms. The fraction of sp³-hybridized carbons (Fsp3) is 0.533. The van der Waals surface area contributed by atoms with E-state index in [1.54, 1.807) is 0 Å². The fourth-order valence-corrected chi connectivity index (χ4v) is 2.39. The molecule has 0 saturated carbocycles. The quantitative estimate of drug-likeness (QED) is 0.636. The molecule has 1 nitrogen and oxygen atoms in total. The maximum Gasteiger partial charge on any atom is 0.252 e. The largest absolute Gasteiger partial charge is 0.276 e. The van der Waals surface area contributed by atoms with Gasteiger partial charge in [0.05, 0.1) is 0 Å². The van der Waals surface area contributed by atoms with Gasteiger partial charge in [-0.05, 0) is 42.0 Å². The summed E-state index contributed by atoms with van der Waals surface area (Å²) in [6, 6.07) is 7.64. The van der Waals surface area contributed by atoms with Crippen molar-refractivity contribution < 1.29 is 4.79 Å². The Labute approximate surface area is 109 Å². The van der Waals surface area contributed by atoms with Crippen LogP contribution in [0.1, 0.15) is 55.5 Å². The molecule has 1 aromatic carbocycles. The van der Waals surface area contributed by atoms with Crippen LogP contribution in [0.25, 0.3) is 0 Å². The Morgan fingerprint density at radius 1 is 1.24 bits per heavy atom. The third kappa shape index (κ3) is 4.51. The second-order valence-corrected chi connectivity index (χ2v) is 4.85. The minimum Gasteiger partial charge on any atom is -0.276 e. The zero-order chi connectivity index (χ0) is 12.7. The van der Waals surface area contributed by atoms with Crippen molar-refractivity contribution in [2.75, 3.05) is 0 Å². The Kier molecular flexibility index (Phi) is 6.28. The van der Waals surface area contributed by atoms with Gasteiger partial charge in [0.15, 0.2) is 0 Å². The van der Waals surface area contributed by atoms with Crippen molar-refractivity contribution in [1.82, 2.24) is 0 Å². The van der Waals surface area contributed by atoms with Crippen molar-refractivity contribution in [3.63, 3.8) is 0 Å². The zero-order valence-corrected chi connectivity index (χ0v) is 11.5. The van der Waals surface area contributed by atoms with Gasteiger partial charge in [-0.25, -0.2) is 0 Å². The van der Waals surface area contributed by atoms with Crippen molar-refractivity contribution in [3.05, 3.63) is 35.4 Å². The molecule has 0 atom stereocenters. The summed E-state index contributed by atoms with van der Waals surface area (Å²) in [6.45, 7) is 4.48. The molecule has 0 aliphatic rings. The molecular weight excluding hydrogens is 232 g/mol. The van der Waals surface area contributed by atoms with E-state index in [4.69, 9.17) is 11.6 Å². The number of carbonyl (C=O) groups is 1. The molecule has 0 radical (unpaired) electrons. The first kappa shape index (κ1) is 14.2. The standard InChI is InChI=1S/C15H21ClO/c1-3-12(4-2)8-7-10-13-9-5-6-11-14(13)15(16)17/h5-6,9,11-12H,3-4,7-8,10H2,1-2H3. The van der Waals surface area contributed by atoms with Crippen LogP contribution in [0.5, 0.6) is 0 Å². The summed E-state index contributed by atoms with van der Waals surface area (Å²) in [5, 5.41) is -0.344. The van der Waals surface area contributed by atoms with Crippen molar-refractivity contribution in [3.8, 4) is 0 Å². The maximum absolute atomic E-state index is 11.2. The van der Waals surface area contributed by atoms with Crippen molar-refractivity contribution >= 4 is 16.8 Å². The fourth-order valence-electron chi connectivity index (χ4n) is 2.21. The van der Waals surface area contributed by atoms with Gasteiger partial charge >= 0.3 is 0 Å². The number of halogens is 1. The molecule has 0 saturated heterocycles. The second-order valence-electron chi connectivity index (χ2n) is 4.51. The molecule has 0 heterocycles. The molecule has 0 spiro atoms. The lowest BCUT2D eigenvalue weighted by Gasteiger charge is -2.12. The van der Waals surface area contributed by atoms with Gasteiger partial charge in [-0.15, -0.1) is 0 Å². The molecule has 0 aliphatic heterocycles. The summed E-state index contributed by atoms with van der Waals surface area (Å²) in [5.41, 5.74) is 1.75. The first-order chi connectivity index (χ1) is 8.19. The highest BCUT2D eigenvalue weighted by molar-refractivity contribution is 6.67. The third-order valence-corrected chi connectivity index (χ3v) is 3.65. The van der Waals surface area contributed by atoms with Gasteiger partial charge in [-0.1, -0.05) is 51.3 Å². The molecule has 0 fully saturated rings. The molecule has 0 aromatic heterocycles. The molecule has 94 valence electrons. The zero-order valence-electron chi connectivity index (χ0n) is 10.7. The Hall–Kier alpha value is -0.820. The highest BCUT2D eigenvalue weighted by Gasteiger charge is 2.09. The maximum atomic E-state index is 11.2. The van der Waals surface area contributed by atoms with Crippen LogP contribution >= 0.6 is 11.6 Å². The number of aryl methyl sites for hydroxylation is 1. The molecule has 1 aromatic rings. The average Bonchev–Trinajstić information content (AvgIpc) is 2.35. The summed E-state index contributed by atoms with van der Waals surface area (Å²) in [7, 11) is 0. The molecule has 0 aliphatic carbocycles. The monoisotopic (exact) mass is 252 g/mol. The van der Waals surface area contributed by atoms with Crippen LogP contribution < -0.4 is 0 Å². The van der Waals surface area contributed by atoms with Crippen LogP contribution in [0, 0.1) is 5.92 Å². The summed E-state index contributed by atoms with van der Waals surface area (Å²) >= 11 is 5.57. The van der Waals surface area contributed by atoms with E-state index in [0.29, 0.717) is 5.56 Å². The predicted molar refractivity (Wildman–Crippen MR) is 73.6 cm³/mol. The van der Waals surface area contributed by atoms with E-state index in [0.717, 1.165) is 24.3 Å². The number of hydrogen-bond acceptors (Lipinski definition) is 1. The van der Waals surface area contributed by atoms with E-state index in [-0.39, 0.29) is 5.24 Å². The minimum absolute atomic E-state index is 0.344. The summed E-state index contributed by atoms with van der Waals surface area (Å²) < 4.78 is 0. The van der Waals surface area contributed by atoms with E-state index < -0.39 is 0 Å². The predicted octanol–water partition coefficient (Wildman–Crippen LogP) is 4.82. The molecule has 0 amide bonds. The number of rotatable bonds is 7. The number of hydrogen-bond donors (Lipinski definition) is 0. The Morgan fingerprint density at radius 3 is 2.47 bits per heavy atom. The van der Waals surface area contributed by atoms with Crippen LogP contribution in [-0.4, -0.2) is 5.24 Å². The third-order valence-electron chi connectivity index (χ3n) is 3.44. The molecule has 0 N–H and O–H groups in total. The lowest BCUT2D eigenvalue weighted by molar-refractivity contribution is 0.108. The first-order valence-corrected chi connectivity index (χ1v) is 6.84. The van der Waals surface area contributed by atoms with Crippen LogP contribution in [0.4, 0.5) is 0 Å².